The van der Waals surface area contributed by atoms with Crippen molar-refractivity contribution in [3.63, 3.8) is 0 Å². The zero-order chi connectivity index (χ0) is 23.4. The number of halogens is 2. The summed E-state index contributed by atoms with van der Waals surface area (Å²) in [5.41, 5.74) is 1.63. The summed E-state index contributed by atoms with van der Waals surface area (Å²) in [5.74, 6) is -1.42. The number of urea groups is 1. The summed E-state index contributed by atoms with van der Waals surface area (Å²) in [6.07, 6.45) is 5.24. The summed E-state index contributed by atoms with van der Waals surface area (Å²) in [5, 5.41) is 14.5. The van der Waals surface area contributed by atoms with E-state index in [0.717, 1.165) is 17.5 Å². The van der Waals surface area contributed by atoms with Crippen molar-refractivity contribution in [2.45, 2.75) is 19.3 Å². The number of hydrogen-bond donors (Lipinski definition) is 3. The second kappa shape index (κ2) is 9.41. The van der Waals surface area contributed by atoms with Crippen LogP contribution in [0.5, 0.6) is 6.01 Å². The van der Waals surface area contributed by atoms with E-state index in [9.17, 15) is 19.1 Å². The number of benzene rings is 2. The third-order valence-electron chi connectivity index (χ3n) is 5.52. The van der Waals surface area contributed by atoms with E-state index >= 15 is 0 Å². The summed E-state index contributed by atoms with van der Waals surface area (Å²) in [4.78, 5) is 31.9. The number of nitrogens with one attached hydrogen (secondary N) is 2. The lowest BCUT2D eigenvalue weighted by molar-refractivity contribution is -0.157. The molecule has 0 spiro atoms. The van der Waals surface area contributed by atoms with Crippen LogP contribution in [0.3, 0.4) is 0 Å². The summed E-state index contributed by atoms with van der Waals surface area (Å²) in [6, 6.07) is 10.5. The zero-order valence-electron chi connectivity index (χ0n) is 17.3. The molecule has 0 aliphatic heterocycles. The monoisotopic (exact) mass is 470 g/mol. The smallest absolute Gasteiger partial charge is 0.323 e. The standard InChI is InChI=1S/C23H20ClFN4O4/c24-18-10-17(6-7-19(18)25)29-21(32)28-16-4-2-14(3-5-16)15-11-26-22(27-12-15)33-13-23(20(30)31)8-1-9-23/h2-7,10-12H,1,8-9,13H2,(H,30,31)(H2,28,29,32). The molecule has 4 rings (SSSR count). The lowest BCUT2D eigenvalue weighted by Gasteiger charge is -2.36. The number of amides is 2. The average Bonchev–Trinajstić information content (AvgIpc) is 2.76. The summed E-state index contributed by atoms with van der Waals surface area (Å²) >= 11 is 5.71. The second-order valence-corrected chi connectivity index (χ2v) is 8.17. The Bertz CT molecular complexity index is 1170. The number of hydrogen-bond acceptors (Lipinski definition) is 5. The molecule has 33 heavy (non-hydrogen) atoms. The van der Waals surface area contributed by atoms with Crippen molar-refractivity contribution in [3.05, 3.63) is 65.7 Å². The van der Waals surface area contributed by atoms with Crippen LogP contribution in [0.4, 0.5) is 20.6 Å². The highest BCUT2D eigenvalue weighted by atomic mass is 35.5. The van der Waals surface area contributed by atoms with E-state index in [1.165, 1.54) is 18.2 Å². The fraction of sp³-hybridized carbons (Fsp3) is 0.217. The first-order valence-electron chi connectivity index (χ1n) is 10.2. The van der Waals surface area contributed by atoms with Crippen molar-refractivity contribution >= 4 is 35.0 Å². The lowest BCUT2D eigenvalue weighted by Crippen LogP contribution is -2.43. The summed E-state index contributed by atoms with van der Waals surface area (Å²) in [7, 11) is 0. The predicted octanol–water partition coefficient (Wildman–Crippen LogP) is 5.21. The molecule has 2 amide bonds. The molecule has 1 aromatic heterocycles. The Kier molecular flexibility index (Phi) is 6.41. The molecule has 170 valence electrons. The van der Waals surface area contributed by atoms with Gasteiger partial charge >= 0.3 is 18.0 Å². The SMILES string of the molecule is O=C(Nc1ccc(-c2cnc(OCC3(C(=O)O)CCC3)nc2)cc1)Nc1ccc(F)c(Cl)c1. The molecule has 8 nitrogen and oxygen atoms in total. The summed E-state index contributed by atoms with van der Waals surface area (Å²) < 4.78 is 18.7. The van der Waals surface area contributed by atoms with E-state index in [4.69, 9.17) is 16.3 Å². The Morgan fingerprint density at radius 3 is 2.24 bits per heavy atom. The Morgan fingerprint density at radius 1 is 1.03 bits per heavy atom. The largest absolute Gasteiger partial charge is 0.481 e. The van der Waals surface area contributed by atoms with Crippen molar-refractivity contribution in [1.29, 1.82) is 0 Å². The molecule has 1 saturated carbocycles. The molecule has 0 unspecified atom stereocenters. The molecule has 1 aliphatic rings. The van der Waals surface area contributed by atoms with Crippen molar-refractivity contribution in [2.24, 2.45) is 5.41 Å². The van der Waals surface area contributed by atoms with Gasteiger partial charge in [-0.1, -0.05) is 30.2 Å². The van der Waals surface area contributed by atoms with Gasteiger partial charge in [0.25, 0.3) is 0 Å². The minimum atomic E-state index is -0.853. The number of carbonyl (C=O) groups is 2. The second-order valence-electron chi connectivity index (χ2n) is 7.77. The molecule has 1 aliphatic carbocycles. The predicted molar refractivity (Wildman–Crippen MR) is 121 cm³/mol. The number of nitrogens with zero attached hydrogens (tertiary/aromatic N) is 2. The third kappa shape index (κ3) is 5.20. The number of aliphatic carboxylic acids is 1. The fourth-order valence-electron chi connectivity index (χ4n) is 3.38. The Balaban J connectivity index is 1.33. The molecule has 1 fully saturated rings. The van der Waals surface area contributed by atoms with Gasteiger partial charge in [-0.15, -0.1) is 0 Å². The molecule has 2 aromatic carbocycles. The van der Waals surface area contributed by atoms with Gasteiger partial charge in [0.15, 0.2) is 0 Å². The minimum absolute atomic E-state index is 0.0498. The fourth-order valence-corrected chi connectivity index (χ4v) is 3.56. The van der Waals surface area contributed by atoms with Crippen molar-refractivity contribution < 1.29 is 23.8 Å². The molecule has 0 atom stereocenters. The van der Waals surface area contributed by atoms with Crippen LogP contribution in [0.1, 0.15) is 19.3 Å². The number of rotatable bonds is 7. The Labute approximate surface area is 193 Å². The van der Waals surface area contributed by atoms with Crippen LogP contribution in [0, 0.1) is 11.2 Å². The highest BCUT2D eigenvalue weighted by molar-refractivity contribution is 6.31. The Hall–Kier alpha value is -3.72. The van der Waals surface area contributed by atoms with Crippen molar-refractivity contribution in [1.82, 2.24) is 9.97 Å². The van der Waals surface area contributed by atoms with Gasteiger partial charge in [-0.05, 0) is 48.7 Å². The average molecular weight is 471 g/mol. The van der Waals surface area contributed by atoms with E-state index in [0.29, 0.717) is 24.2 Å². The van der Waals surface area contributed by atoms with Crippen LogP contribution in [0.2, 0.25) is 5.02 Å². The minimum Gasteiger partial charge on any atom is -0.481 e. The lowest BCUT2D eigenvalue weighted by atomic mass is 9.69. The normalized spacial score (nSPS) is 14.1. The maximum atomic E-state index is 13.2. The molecule has 10 heteroatoms. The van der Waals surface area contributed by atoms with Crippen LogP contribution in [-0.2, 0) is 4.79 Å². The number of ether oxygens (including phenoxy) is 1. The molecule has 1 heterocycles. The topological polar surface area (TPSA) is 113 Å². The highest BCUT2D eigenvalue weighted by Crippen LogP contribution is 2.41. The molecular formula is C23H20ClFN4O4. The van der Waals surface area contributed by atoms with Crippen LogP contribution >= 0.6 is 11.6 Å². The molecule has 3 N–H and O–H groups in total. The van der Waals surface area contributed by atoms with Gasteiger partial charge in [-0.2, -0.15) is 0 Å². The molecule has 0 saturated heterocycles. The van der Waals surface area contributed by atoms with Crippen molar-refractivity contribution in [3.8, 4) is 17.1 Å². The van der Waals surface area contributed by atoms with Gasteiger partial charge in [0.05, 0.1) is 5.02 Å². The van der Waals surface area contributed by atoms with E-state index in [-0.39, 0.29) is 17.6 Å². The first kappa shape index (κ1) is 22.5. The van der Waals surface area contributed by atoms with Crippen LogP contribution in [0.15, 0.2) is 54.9 Å². The number of anilines is 2. The van der Waals surface area contributed by atoms with Gasteiger partial charge in [0, 0.05) is 29.3 Å². The summed E-state index contributed by atoms with van der Waals surface area (Å²) in [6.45, 7) is 0.0498. The maximum absolute atomic E-state index is 13.2. The van der Waals surface area contributed by atoms with Crippen LogP contribution in [0.25, 0.3) is 11.1 Å². The van der Waals surface area contributed by atoms with Gasteiger partial charge < -0.3 is 20.5 Å². The van der Waals surface area contributed by atoms with E-state index < -0.39 is 23.2 Å². The third-order valence-corrected chi connectivity index (χ3v) is 5.81. The molecule has 0 bridgehead atoms. The van der Waals surface area contributed by atoms with E-state index in [2.05, 4.69) is 20.6 Å². The number of aromatic nitrogens is 2. The van der Waals surface area contributed by atoms with Gasteiger partial charge in [0.1, 0.15) is 17.8 Å². The van der Waals surface area contributed by atoms with Crippen LogP contribution < -0.4 is 15.4 Å². The van der Waals surface area contributed by atoms with E-state index in [1.54, 1.807) is 36.7 Å². The number of carboxylic acids is 1. The molecule has 3 aromatic rings. The first-order chi connectivity index (χ1) is 15.8. The van der Waals surface area contributed by atoms with Gasteiger partial charge in [-0.25, -0.2) is 19.2 Å². The molecular weight excluding hydrogens is 451 g/mol. The first-order valence-corrected chi connectivity index (χ1v) is 10.5. The maximum Gasteiger partial charge on any atom is 0.323 e. The number of carboxylic acid groups (broad SMARTS) is 1. The van der Waals surface area contributed by atoms with E-state index in [1.807, 2.05) is 0 Å². The Morgan fingerprint density at radius 2 is 1.67 bits per heavy atom. The van der Waals surface area contributed by atoms with Gasteiger partial charge in [-0.3, -0.25) is 4.79 Å². The van der Waals surface area contributed by atoms with Crippen molar-refractivity contribution in [2.75, 3.05) is 17.2 Å². The van der Waals surface area contributed by atoms with Crippen LogP contribution in [-0.4, -0.2) is 33.7 Å². The molecule has 0 radical (unpaired) electrons. The quantitative estimate of drug-likeness (QED) is 0.436. The highest BCUT2D eigenvalue weighted by Gasteiger charge is 2.45. The van der Waals surface area contributed by atoms with Gasteiger partial charge in [0.2, 0.25) is 0 Å². The number of carbonyl (C=O) groups excluding carboxylic acids is 1. The zero-order valence-corrected chi connectivity index (χ0v) is 18.1.